The molecule has 0 bridgehead atoms. The van der Waals surface area contributed by atoms with Gasteiger partial charge in [-0.3, -0.25) is 4.79 Å². The molecular formula is C5H4CuN4O+2. The molecule has 2 aromatic heterocycles. The fourth-order valence-corrected chi connectivity index (χ4v) is 0.776. The first-order valence-corrected chi connectivity index (χ1v) is 2.75. The van der Waals surface area contributed by atoms with Crippen LogP contribution in [0.2, 0.25) is 0 Å². The van der Waals surface area contributed by atoms with Gasteiger partial charge in [-0.1, -0.05) is 0 Å². The van der Waals surface area contributed by atoms with Crippen LogP contribution < -0.4 is 5.56 Å². The van der Waals surface area contributed by atoms with Crippen LogP contribution in [0.4, 0.5) is 0 Å². The summed E-state index contributed by atoms with van der Waals surface area (Å²) in [7, 11) is 0. The molecule has 11 heavy (non-hydrogen) atoms. The van der Waals surface area contributed by atoms with Gasteiger partial charge in [0.1, 0.15) is 0 Å². The molecule has 2 rings (SSSR count). The number of rotatable bonds is 0. The van der Waals surface area contributed by atoms with E-state index in [4.69, 9.17) is 0 Å². The first-order valence-electron chi connectivity index (χ1n) is 2.75. The van der Waals surface area contributed by atoms with Crippen LogP contribution in [0.15, 0.2) is 17.4 Å². The number of hydrogen-bond acceptors (Lipinski definition) is 3. The van der Waals surface area contributed by atoms with Gasteiger partial charge >= 0.3 is 17.1 Å². The Bertz CT molecular complexity index is 406. The molecule has 2 heterocycles. The number of imidazole rings is 1. The maximum absolute atomic E-state index is 10.9. The van der Waals surface area contributed by atoms with Crippen LogP contribution in [0.25, 0.3) is 11.2 Å². The second kappa shape index (κ2) is 2.86. The van der Waals surface area contributed by atoms with E-state index in [1.807, 2.05) is 0 Å². The molecule has 5 nitrogen and oxygen atoms in total. The SMILES string of the molecule is O=c1[nH]cnc2nc[nH]c12.[Cu+2]. The van der Waals surface area contributed by atoms with E-state index in [0.717, 1.165) is 0 Å². The van der Waals surface area contributed by atoms with E-state index >= 15 is 0 Å². The van der Waals surface area contributed by atoms with Crippen LogP contribution in [0.1, 0.15) is 0 Å². The first kappa shape index (κ1) is 7.97. The van der Waals surface area contributed by atoms with Crippen molar-refractivity contribution in [3.8, 4) is 0 Å². The Balaban J connectivity index is 0.000000605. The van der Waals surface area contributed by atoms with Crippen LogP contribution in [-0.4, -0.2) is 19.9 Å². The smallest absolute Gasteiger partial charge is 0.339 e. The van der Waals surface area contributed by atoms with Crippen molar-refractivity contribution in [1.82, 2.24) is 19.9 Å². The van der Waals surface area contributed by atoms with E-state index in [1.54, 1.807) is 0 Å². The van der Waals surface area contributed by atoms with Crippen molar-refractivity contribution in [3.05, 3.63) is 23.0 Å². The van der Waals surface area contributed by atoms with Crippen LogP contribution in [0.5, 0.6) is 0 Å². The fraction of sp³-hybridized carbons (Fsp3) is 0. The minimum atomic E-state index is -0.192. The zero-order valence-corrected chi connectivity index (χ0v) is 6.20. The van der Waals surface area contributed by atoms with Crippen molar-refractivity contribution >= 4 is 11.2 Å². The van der Waals surface area contributed by atoms with Crippen LogP contribution in [0, 0.1) is 0 Å². The van der Waals surface area contributed by atoms with Gasteiger partial charge in [0.2, 0.25) is 0 Å². The average molecular weight is 200 g/mol. The molecular weight excluding hydrogens is 196 g/mol. The van der Waals surface area contributed by atoms with Gasteiger partial charge in [0, 0.05) is 0 Å². The van der Waals surface area contributed by atoms with Crippen LogP contribution in [0.3, 0.4) is 0 Å². The summed E-state index contributed by atoms with van der Waals surface area (Å²) in [4.78, 5) is 23.6. The van der Waals surface area contributed by atoms with Crippen molar-refractivity contribution in [2.24, 2.45) is 0 Å². The zero-order chi connectivity index (χ0) is 6.97. The average Bonchev–Trinajstić information content (AvgIpc) is 2.36. The molecule has 0 spiro atoms. The Morgan fingerprint density at radius 1 is 1.18 bits per heavy atom. The van der Waals surface area contributed by atoms with E-state index in [2.05, 4.69) is 19.9 Å². The van der Waals surface area contributed by atoms with Gasteiger partial charge in [-0.25, -0.2) is 9.97 Å². The van der Waals surface area contributed by atoms with Gasteiger partial charge in [0.05, 0.1) is 12.7 Å². The predicted molar refractivity (Wildman–Crippen MR) is 34.5 cm³/mol. The Labute approximate surface area is 71.7 Å². The summed E-state index contributed by atoms with van der Waals surface area (Å²) in [6.45, 7) is 0. The largest absolute Gasteiger partial charge is 2.00 e. The van der Waals surface area contributed by atoms with Crippen molar-refractivity contribution in [3.63, 3.8) is 0 Å². The Morgan fingerprint density at radius 3 is 2.45 bits per heavy atom. The Morgan fingerprint density at radius 2 is 1.82 bits per heavy atom. The van der Waals surface area contributed by atoms with Gasteiger partial charge in [-0.2, -0.15) is 0 Å². The summed E-state index contributed by atoms with van der Waals surface area (Å²) < 4.78 is 0. The van der Waals surface area contributed by atoms with Crippen LogP contribution >= 0.6 is 0 Å². The predicted octanol–water partition coefficient (Wildman–Crippen LogP) is -0.356. The van der Waals surface area contributed by atoms with E-state index in [0.29, 0.717) is 11.2 Å². The minimum Gasteiger partial charge on any atom is -0.339 e. The molecule has 0 unspecified atom stereocenters. The molecule has 2 N–H and O–H groups in total. The van der Waals surface area contributed by atoms with Crippen molar-refractivity contribution in [2.75, 3.05) is 0 Å². The van der Waals surface area contributed by atoms with Crippen molar-refractivity contribution in [1.29, 1.82) is 0 Å². The second-order valence-electron chi connectivity index (χ2n) is 1.83. The minimum absolute atomic E-state index is 0. The summed E-state index contributed by atoms with van der Waals surface area (Å²) >= 11 is 0. The topological polar surface area (TPSA) is 74.4 Å². The van der Waals surface area contributed by atoms with E-state index in [1.165, 1.54) is 12.7 Å². The number of fused-ring (bicyclic) bond motifs is 1. The maximum Gasteiger partial charge on any atom is 2.00 e. The van der Waals surface area contributed by atoms with Crippen LogP contribution in [-0.2, 0) is 17.1 Å². The van der Waals surface area contributed by atoms with Gasteiger partial charge in [-0.05, 0) is 0 Å². The molecule has 2 aromatic rings. The number of nitrogens with one attached hydrogen (secondary N) is 2. The zero-order valence-electron chi connectivity index (χ0n) is 5.26. The number of nitrogens with zero attached hydrogens (tertiary/aromatic N) is 2. The molecule has 6 heteroatoms. The van der Waals surface area contributed by atoms with Gasteiger partial charge in [0.25, 0.3) is 5.56 Å². The quantitative estimate of drug-likeness (QED) is 0.570. The molecule has 0 aliphatic rings. The van der Waals surface area contributed by atoms with E-state index in [-0.39, 0.29) is 22.6 Å². The molecule has 0 aliphatic heterocycles. The second-order valence-corrected chi connectivity index (χ2v) is 1.83. The molecule has 0 aliphatic carbocycles. The molecule has 0 saturated carbocycles. The molecule has 0 aromatic carbocycles. The molecule has 0 fully saturated rings. The number of aromatic amines is 2. The van der Waals surface area contributed by atoms with Gasteiger partial charge in [0.15, 0.2) is 11.2 Å². The summed E-state index contributed by atoms with van der Waals surface area (Å²) in [5.74, 6) is 0. The monoisotopic (exact) mass is 199 g/mol. The van der Waals surface area contributed by atoms with Gasteiger partial charge in [-0.15, -0.1) is 0 Å². The van der Waals surface area contributed by atoms with Crippen molar-refractivity contribution < 1.29 is 17.1 Å². The molecule has 1 radical (unpaired) electrons. The van der Waals surface area contributed by atoms with E-state index < -0.39 is 0 Å². The number of hydrogen-bond donors (Lipinski definition) is 2. The third-order valence-corrected chi connectivity index (χ3v) is 1.23. The normalized spacial score (nSPS) is 9.45. The fourth-order valence-electron chi connectivity index (χ4n) is 0.776. The Kier molecular flexibility index (Phi) is 2.07. The molecule has 59 valence electrons. The summed E-state index contributed by atoms with van der Waals surface area (Å²) in [6, 6.07) is 0. The molecule has 0 saturated heterocycles. The molecule has 0 amide bonds. The number of H-pyrrole nitrogens is 2. The summed E-state index contributed by atoms with van der Waals surface area (Å²) in [6.07, 6.45) is 2.76. The van der Waals surface area contributed by atoms with E-state index in [9.17, 15) is 4.79 Å². The molecule has 0 atom stereocenters. The van der Waals surface area contributed by atoms with Crippen molar-refractivity contribution in [2.45, 2.75) is 0 Å². The standard InChI is InChI=1S/C5H4N4O.Cu/c10-5-3-4(7-1-6-3)8-2-9-5;/h1-2H,(H2,6,7,8,9,10);/q;+2. The summed E-state index contributed by atoms with van der Waals surface area (Å²) in [5, 5.41) is 0. The van der Waals surface area contributed by atoms with Gasteiger partial charge < -0.3 is 9.97 Å². The third kappa shape index (κ3) is 1.18. The maximum atomic E-state index is 10.9. The summed E-state index contributed by atoms with van der Waals surface area (Å²) in [5.41, 5.74) is 0.675. The number of aromatic nitrogens is 4. The first-order chi connectivity index (χ1) is 4.88. The third-order valence-electron chi connectivity index (χ3n) is 1.23. The Hall–Kier alpha value is -1.13.